The van der Waals surface area contributed by atoms with Crippen molar-refractivity contribution in [1.82, 2.24) is 19.6 Å². The van der Waals surface area contributed by atoms with Crippen molar-refractivity contribution in [2.45, 2.75) is 27.7 Å². The Labute approximate surface area is 147 Å². The minimum absolute atomic E-state index is 0.522. The Morgan fingerprint density at radius 2 is 1.76 bits per heavy atom. The highest BCUT2D eigenvalue weighted by molar-refractivity contribution is 5.84. The number of hydrogen-bond acceptors (Lipinski definition) is 6. The van der Waals surface area contributed by atoms with Gasteiger partial charge in [0.25, 0.3) is 0 Å². The summed E-state index contributed by atoms with van der Waals surface area (Å²) in [5.74, 6) is 2.20. The molecule has 0 amide bonds. The summed E-state index contributed by atoms with van der Waals surface area (Å²) in [6, 6.07) is 4.07. The van der Waals surface area contributed by atoms with E-state index in [1.807, 2.05) is 26.0 Å². The van der Waals surface area contributed by atoms with Crippen LogP contribution in [-0.2, 0) is 0 Å². The Bertz CT molecular complexity index is 908. The summed E-state index contributed by atoms with van der Waals surface area (Å²) in [6.07, 6.45) is 0. The zero-order valence-corrected chi connectivity index (χ0v) is 15.3. The van der Waals surface area contributed by atoms with E-state index in [1.54, 1.807) is 11.6 Å². The lowest BCUT2D eigenvalue weighted by molar-refractivity contribution is 0.414. The highest BCUT2D eigenvalue weighted by atomic mass is 16.5. The average Bonchev–Trinajstić information content (AvgIpc) is 2.88. The van der Waals surface area contributed by atoms with Crippen LogP contribution in [0.5, 0.6) is 5.75 Å². The van der Waals surface area contributed by atoms with Crippen LogP contribution < -0.4 is 15.8 Å². The molecule has 1 aromatic carbocycles. The van der Waals surface area contributed by atoms with Crippen LogP contribution in [0.15, 0.2) is 12.1 Å². The van der Waals surface area contributed by atoms with Crippen LogP contribution in [0.25, 0.3) is 16.8 Å². The lowest BCUT2D eigenvalue weighted by atomic mass is 9.95. The molecule has 0 aliphatic rings. The van der Waals surface area contributed by atoms with Gasteiger partial charge in [-0.25, -0.2) is 4.98 Å². The molecule has 0 spiro atoms. The molecule has 0 bridgehead atoms. The molecule has 0 unspecified atom stereocenters. The molecule has 3 N–H and O–H groups in total. The number of ether oxygens (including phenoxy) is 1. The number of anilines is 1. The topological polar surface area (TPSA) is 90.4 Å². The van der Waals surface area contributed by atoms with Crippen LogP contribution in [-0.4, -0.2) is 39.8 Å². The van der Waals surface area contributed by atoms with Crippen LogP contribution in [0.4, 0.5) is 5.95 Å². The van der Waals surface area contributed by atoms with Crippen LogP contribution in [0.1, 0.15) is 22.6 Å². The smallest absolute Gasteiger partial charge is 0.227 e. The van der Waals surface area contributed by atoms with Crippen LogP contribution in [0.3, 0.4) is 0 Å². The Hall–Kier alpha value is -2.67. The van der Waals surface area contributed by atoms with Gasteiger partial charge in [0.15, 0.2) is 5.65 Å². The Morgan fingerprint density at radius 3 is 2.36 bits per heavy atom. The van der Waals surface area contributed by atoms with E-state index in [-0.39, 0.29) is 0 Å². The number of hydrogen-bond donors (Lipinski definition) is 2. The van der Waals surface area contributed by atoms with Gasteiger partial charge < -0.3 is 15.8 Å². The first-order chi connectivity index (χ1) is 12.0. The van der Waals surface area contributed by atoms with Gasteiger partial charge >= 0.3 is 0 Å². The summed E-state index contributed by atoms with van der Waals surface area (Å²) in [5.41, 5.74) is 11.7. The molecule has 0 saturated carbocycles. The first-order valence-electron chi connectivity index (χ1n) is 8.29. The Balaban J connectivity index is 2.28. The Morgan fingerprint density at radius 1 is 1.08 bits per heavy atom. The third-order valence-electron chi connectivity index (χ3n) is 4.19. The third-order valence-corrected chi connectivity index (χ3v) is 4.19. The van der Waals surface area contributed by atoms with Gasteiger partial charge in [0, 0.05) is 13.1 Å². The van der Waals surface area contributed by atoms with Gasteiger partial charge in [-0.15, -0.1) is 0 Å². The second-order valence-corrected chi connectivity index (χ2v) is 6.14. The number of aryl methyl sites for hydroxylation is 4. The van der Waals surface area contributed by atoms with E-state index < -0.39 is 0 Å². The summed E-state index contributed by atoms with van der Waals surface area (Å²) < 4.78 is 7.14. The van der Waals surface area contributed by atoms with Gasteiger partial charge in [-0.3, -0.25) is 0 Å². The Kier molecular flexibility index (Phi) is 4.59. The number of benzene rings is 1. The predicted molar refractivity (Wildman–Crippen MR) is 99.3 cm³/mol. The molecule has 7 nitrogen and oxygen atoms in total. The van der Waals surface area contributed by atoms with E-state index >= 15 is 0 Å². The second kappa shape index (κ2) is 6.68. The van der Waals surface area contributed by atoms with Gasteiger partial charge in [0.1, 0.15) is 11.6 Å². The fourth-order valence-corrected chi connectivity index (χ4v) is 3.17. The summed E-state index contributed by atoms with van der Waals surface area (Å²) in [7, 11) is 1.68. The number of nitrogens with two attached hydrogens (primary N) is 1. The monoisotopic (exact) mass is 340 g/mol. The largest absolute Gasteiger partial charge is 0.497 e. The van der Waals surface area contributed by atoms with Crippen LogP contribution in [0, 0.1) is 27.7 Å². The molecule has 0 saturated heterocycles. The van der Waals surface area contributed by atoms with Gasteiger partial charge in [0.2, 0.25) is 5.95 Å². The maximum absolute atomic E-state index is 5.60. The maximum Gasteiger partial charge on any atom is 0.227 e. The highest BCUT2D eigenvalue weighted by Gasteiger charge is 2.20. The predicted octanol–water partition coefficient (Wildman–Crippen LogP) is 2.40. The summed E-state index contributed by atoms with van der Waals surface area (Å²) in [4.78, 5) is 9.12. The van der Waals surface area contributed by atoms with Crippen LogP contribution >= 0.6 is 0 Å². The van der Waals surface area contributed by atoms with Crippen molar-refractivity contribution in [3.63, 3.8) is 0 Å². The summed E-state index contributed by atoms with van der Waals surface area (Å²) >= 11 is 0. The van der Waals surface area contributed by atoms with E-state index in [4.69, 9.17) is 10.5 Å². The van der Waals surface area contributed by atoms with Gasteiger partial charge in [-0.1, -0.05) is 0 Å². The lowest BCUT2D eigenvalue weighted by Gasteiger charge is -2.12. The van der Waals surface area contributed by atoms with Crippen molar-refractivity contribution >= 4 is 11.6 Å². The minimum Gasteiger partial charge on any atom is -0.497 e. The first-order valence-corrected chi connectivity index (χ1v) is 8.29. The van der Waals surface area contributed by atoms with Crippen molar-refractivity contribution in [1.29, 1.82) is 0 Å². The fraction of sp³-hybridized carbons (Fsp3) is 0.389. The van der Waals surface area contributed by atoms with E-state index in [1.165, 1.54) is 0 Å². The maximum atomic E-state index is 5.60. The molecule has 7 heteroatoms. The van der Waals surface area contributed by atoms with Gasteiger partial charge in [0.05, 0.1) is 18.4 Å². The molecule has 132 valence electrons. The summed E-state index contributed by atoms with van der Waals surface area (Å²) in [5, 5.41) is 7.89. The molecule has 25 heavy (non-hydrogen) atoms. The van der Waals surface area contributed by atoms with Crippen LogP contribution in [0.2, 0.25) is 0 Å². The number of methoxy groups -OCH3 is 1. The van der Waals surface area contributed by atoms with Crippen molar-refractivity contribution in [2.24, 2.45) is 5.73 Å². The van der Waals surface area contributed by atoms with E-state index in [9.17, 15) is 0 Å². The molecule has 0 radical (unpaired) electrons. The number of rotatable bonds is 5. The molecular formula is C18H24N6O. The van der Waals surface area contributed by atoms with Crippen molar-refractivity contribution < 1.29 is 4.74 Å². The number of aromatic nitrogens is 4. The standard InChI is InChI=1S/C18H24N6O/c1-10-8-14(25-5)9-11(2)15(10)16-12(3)23-24-17(16)21-13(4)22-18(24)20-7-6-19/h8-9H,6-7,19H2,1-5H3,(H,20,21,22). The summed E-state index contributed by atoms with van der Waals surface area (Å²) in [6.45, 7) is 9.18. The zero-order chi connectivity index (χ0) is 18.1. The second-order valence-electron chi connectivity index (χ2n) is 6.14. The molecule has 0 aliphatic carbocycles. The normalized spacial score (nSPS) is 11.1. The minimum atomic E-state index is 0.522. The number of fused-ring (bicyclic) bond motifs is 1. The quantitative estimate of drug-likeness (QED) is 0.741. The van der Waals surface area contributed by atoms with Crippen molar-refractivity contribution in [3.8, 4) is 16.9 Å². The molecule has 0 aliphatic heterocycles. The number of nitrogens with one attached hydrogen (secondary N) is 1. The number of nitrogens with zero attached hydrogens (tertiary/aromatic N) is 4. The molecule has 0 fully saturated rings. The molecule has 2 heterocycles. The van der Waals surface area contributed by atoms with Gasteiger partial charge in [-0.2, -0.15) is 14.6 Å². The molecule has 0 atom stereocenters. The zero-order valence-electron chi connectivity index (χ0n) is 15.3. The van der Waals surface area contributed by atoms with E-state index in [0.29, 0.717) is 24.9 Å². The highest BCUT2D eigenvalue weighted by Crippen LogP contribution is 2.35. The average molecular weight is 340 g/mol. The first kappa shape index (κ1) is 17.2. The molecule has 3 aromatic rings. The molecular weight excluding hydrogens is 316 g/mol. The fourth-order valence-electron chi connectivity index (χ4n) is 3.17. The lowest BCUT2D eigenvalue weighted by Crippen LogP contribution is -2.17. The van der Waals surface area contributed by atoms with E-state index in [2.05, 4.69) is 34.2 Å². The van der Waals surface area contributed by atoms with Crippen molar-refractivity contribution in [2.75, 3.05) is 25.5 Å². The van der Waals surface area contributed by atoms with Crippen molar-refractivity contribution in [3.05, 3.63) is 34.8 Å². The molecule has 3 rings (SSSR count). The SMILES string of the molecule is COc1cc(C)c(-c2c(C)nn3c(NCCN)nc(C)nc23)c(C)c1. The van der Waals surface area contributed by atoms with E-state index in [0.717, 1.165) is 39.3 Å². The molecule has 2 aromatic heterocycles. The van der Waals surface area contributed by atoms with Gasteiger partial charge in [-0.05, 0) is 56.5 Å². The third kappa shape index (κ3) is 3.02.